The number of aromatic amines is 1. The molecule has 0 radical (unpaired) electrons. The molecule has 18 heavy (non-hydrogen) atoms. The van der Waals surface area contributed by atoms with Crippen LogP contribution in [-0.2, 0) is 4.79 Å². The molecule has 1 aromatic heterocycles. The Kier molecular flexibility index (Phi) is 4.65. The minimum Gasteiger partial charge on any atom is -0.480 e. The molecule has 0 aliphatic carbocycles. The Morgan fingerprint density at radius 2 is 2.11 bits per heavy atom. The summed E-state index contributed by atoms with van der Waals surface area (Å²) in [5.41, 5.74) is 0.574. The van der Waals surface area contributed by atoms with Crippen molar-refractivity contribution in [2.45, 2.75) is 32.7 Å². The zero-order valence-corrected chi connectivity index (χ0v) is 10.3. The summed E-state index contributed by atoms with van der Waals surface area (Å²) >= 11 is 0. The first kappa shape index (κ1) is 14.0. The smallest absolute Gasteiger partial charge is 0.326 e. The molecule has 1 heterocycles. The maximum absolute atomic E-state index is 11.8. The summed E-state index contributed by atoms with van der Waals surface area (Å²) in [6.07, 6.45) is 2.44. The molecule has 3 N–H and O–H groups in total. The number of aromatic nitrogens is 1. The van der Waals surface area contributed by atoms with Crippen molar-refractivity contribution in [2.24, 2.45) is 0 Å². The Hall–Kier alpha value is -2.11. The van der Waals surface area contributed by atoms with E-state index >= 15 is 0 Å². The Balaban J connectivity index is 2.74. The molecule has 1 aromatic rings. The molecule has 6 heteroatoms. The van der Waals surface area contributed by atoms with E-state index in [4.69, 9.17) is 5.11 Å². The third-order valence-corrected chi connectivity index (χ3v) is 2.51. The minimum atomic E-state index is -1.07. The molecule has 98 valence electrons. The van der Waals surface area contributed by atoms with Gasteiger partial charge >= 0.3 is 5.97 Å². The van der Waals surface area contributed by atoms with Gasteiger partial charge in [0.2, 0.25) is 0 Å². The SMILES string of the molecule is CCC[C@@H](NC(=O)c1cc(C(C)=O)c[nH]1)C(=O)O. The first-order valence-electron chi connectivity index (χ1n) is 5.68. The third kappa shape index (κ3) is 3.44. The molecular weight excluding hydrogens is 236 g/mol. The van der Waals surface area contributed by atoms with Crippen LogP contribution in [0.15, 0.2) is 12.3 Å². The molecule has 1 rings (SSSR count). The zero-order chi connectivity index (χ0) is 13.7. The van der Waals surface area contributed by atoms with Crippen LogP contribution in [0.5, 0.6) is 0 Å². The Labute approximate surface area is 104 Å². The Morgan fingerprint density at radius 1 is 1.44 bits per heavy atom. The predicted octanol–water partition coefficient (Wildman–Crippen LogP) is 1.20. The maximum atomic E-state index is 11.8. The normalized spacial score (nSPS) is 11.9. The molecule has 0 unspecified atom stereocenters. The quantitative estimate of drug-likeness (QED) is 0.662. The van der Waals surface area contributed by atoms with Crippen LogP contribution in [-0.4, -0.2) is 33.8 Å². The van der Waals surface area contributed by atoms with Crippen LogP contribution in [0.3, 0.4) is 0 Å². The van der Waals surface area contributed by atoms with Crippen LogP contribution in [0, 0.1) is 0 Å². The van der Waals surface area contributed by atoms with Gasteiger partial charge in [-0.3, -0.25) is 9.59 Å². The van der Waals surface area contributed by atoms with E-state index in [-0.39, 0.29) is 11.5 Å². The fourth-order valence-electron chi connectivity index (χ4n) is 1.51. The van der Waals surface area contributed by atoms with Crippen LogP contribution in [0.1, 0.15) is 47.5 Å². The predicted molar refractivity (Wildman–Crippen MR) is 64.6 cm³/mol. The van der Waals surface area contributed by atoms with Crippen LogP contribution in [0.2, 0.25) is 0 Å². The molecular formula is C12H16N2O4. The van der Waals surface area contributed by atoms with Crippen molar-refractivity contribution < 1.29 is 19.5 Å². The van der Waals surface area contributed by atoms with Gasteiger partial charge in [-0.2, -0.15) is 0 Å². The van der Waals surface area contributed by atoms with Gasteiger partial charge < -0.3 is 15.4 Å². The Morgan fingerprint density at radius 3 is 2.56 bits per heavy atom. The van der Waals surface area contributed by atoms with Crippen molar-refractivity contribution in [3.8, 4) is 0 Å². The number of carbonyl (C=O) groups is 3. The van der Waals surface area contributed by atoms with Gasteiger partial charge in [-0.05, 0) is 19.4 Å². The number of amides is 1. The highest BCUT2D eigenvalue weighted by Crippen LogP contribution is 2.05. The average Bonchev–Trinajstić information content (AvgIpc) is 2.77. The molecule has 0 bridgehead atoms. The first-order chi connectivity index (χ1) is 8.45. The number of carbonyl (C=O) groups excluding carboxylic acids is 2. The molecule has 0 aromatic carbocycles. The fraction of sp³-hybridized carbons (Fsp3) is 0.417. The van der Waals surface area contributed by atoms with Gasteiger partial charge in [0.1, 0.15) is 11.7 Å². The second-order valence-electron chi connectivity index (χ2n) is 4.01. The average molecular weight is 252 g/mol. The molecule has 0 aliphatic rings. The van der Waals surface area contributed by atoms with Gasteiger partial charge in [-0.1, -0.05) is 13.3 Å². The number of H-pyrrole nitrogens is 1. The molecule has 1 atom stereocenters. The highest BCUT2D eigenvalue weighted by atomic mass is 16.4. The number of nitrogens with one attached hydrogen (secondary N) is 2. The van der Waals surface area contributed by atoms with Crippen molar-refractivity contribution in [1.82, 2.24) is 10.3 Å². The number of hydrogen-bond acceptors (Lipinski definition) is 3. The van der Waals surface area contributed by atoms with Crippen molar-refractivity contribution in [2.75, 3.05) is 0 Å². The summed E-state index contributed by atoms with van der Waals surface area (Å²) in [6, 6.07) is 0.495. The van der Waals surface area contributed by atoms with Gasteiger partial charge in [0.05, 0.1) is 0 Å². The summed E-state index contributed by atoms with van der Waals surface area (Å²) in [4.78, 5) is 36.4. The molecule has 0 spiro atoms. The third-order valence-electron chi connectivity index (χ3n) is 2.51. The van der Waals surface area contributed by atoms with Gasteiger partial charge in [0.25, 0.3) is 5.91 Å². The van der Waals surface area contributed by atoms with Crippen molar-refractivity contribution in [1.29, 1.82) is 0 Å². The fourth-order valence-corrected chi connectivity index (χ4v) is 1.51. The number of rotatable bonds is 6. The minimum absolute atomic E-state index is 0.159. The lowest BCUT2D eigenvalue weighted by Crippen LogP contribution is -2.40. The zero-order valence-electron chi connectivity index (χ0n) is 10.3. The number of carboxylic acid groups (broad SMARTS) is 1. The van der Waals surface area contributed by atoms with Crippen molar-refractivity contribution in [3.63, 3.8) is 0 Å². The largest absolute Gasteiger partial charge is 0.480 e. The lowest BCUT2D eigenvalue weighted by molar-refractivity contribution is -0.139. The Bertz CT molecular complexity index is 464. The highest BCUT2D eigenvalue weighted by Gasteiger charge is 2.20. The van der Waals surface area contributed by atoms with Crippen molar-refractivity contribution >= 4 is 17.7 Å². The number of carboxylic acids is 1. The summed E-state index contributed by atoms with van der Waals surface area (Å²) in [5.74, 6) is -1.75. The van der Waals surface area contributed by atoms with Crippen LogP contribution in [0.25, 0.3) is 0 Å². The number of Topliss-reactive ketones (excluding diaryl/α,β-unsaturated/α-hetero) is 1. The van der Waals surface area contributed by atoms with Gasteiger partial charge in [-0.25, -0.2) is 4.79 Å². The van der Waals surface area contributed by atoms with E-state index in [2.05, 4.69) is 10.3 Å². The topological polar surface area (TPSA) is 99.3 Å². The number of ketones is 1. The van der Waals surface area contributed by atoms with Crippen LogP contribution >= 0.6 is 0 Å². The van der Waals surface area contributed by atoms with Gasteiger partial charge in [-0.15, -0.1) is 0 Å². The molecule has 6 nitrogen and oxygen atoms in total. The monoisotopic (exact) mass is 252 g/mol. The lowest BCUT2D eigenvalue weighted by Gasteiger charge is -2.12. The number of hydrogen-bond donors (Lipinski definition) is 3. The molecule has 0 saturated carbocycles. The van der Waals surface area contributed by atoms with E-state index in [0.717, 1.165) is 0 Å². The second kappa shape index (κ2) is 6.00. The summed E-state index contributed by atoms with van der Waals surface area (Å²) < 4.78 is 0. The molecule has 1 amide bonds. The number of aliphatic carboxylic acids is 1. The van der Waals surface area contributed by atoms with E-state index in [9.17, 15) is 14.4 Å². The van der Waals surface area contributed by atoms with Crippen LogP contribution in [0.4, 0.5) is 0 Å². The summed E-state index contributed by atoms with van der Waals surface area (Å²) in [6.45, 7) is 3.23. The second-order valence-corrected chi connectivity index (χ2v) is 4.01. The maximum Gasteiger partial charge on any atom is 0.326 e. The summed E-state index contributed by atoms with van der Waals surface area (Å²) in [7, 11) is 0. The van der Waals surface area contributed by atoms with E-state index in [1.807, 2.05) is 6.92 Å². The molecule has 0 fully saturated rings. The molecule has 0 saturated heterocycles. The van der Waals surface area contributed by atoms with E-state index < -0.39 is 17.9 Å². The van der Waals surface area contributed by atoms with E-state index in [1.54, 1.807) is 0 Å². The van der Waals surface area contributed by atoms with Crippen molar-refractivity contribution in [3.05, 3.63) is 23.5 Å². The molecule has 0 aliphatic heterocycles. The van der Waals surface area contributed by atoms with Crippen LogP contribution < -0.4 is 5.32 Å². The van der Waals surface area contributed by atoms with E-state index in [1.165, 1.54) is 19.2 Å². The standard InChI is InChI=1S/C12H16N2O4/c1-3-4-9(12(17)18)14-11(16)10-5-8(6-13-10)7(2)15/h5-6,9,13H,3-4H2,1-2H3,(H,14,16)(H,17,18)/t9-/m1/s1. The first-order valence-corrected chi connectivity index (χ1v) is 5.68. The summed E-state index contributed by atoms with van der Waals surface area (Å²) in [5, 5.41) is 11.3. The van der Waals surface area contributed by atoms with Gasteiger partial charge in [0, 0.05) is 11.8 Å². The highest BCUT2D eigenvalue weighted by molar-refractivity contribution is 6.00. The van der Waals surface area contributed by atoms with E-state index in [0.29, 0.717) is 18.4 Å². The lowest BCUT2D eigenvalue weighted by atomic mass is 10.1. The van der Waals surface area contributed by atoms with Gasteiger partial charge in [0.15, 0.2) is 5.78 Å².